The Morgan fingerprint density at radius 1 is 1.14 bits per heavy atom. The molecule has 1 atom stereocenters. The van der Waals surface area contributed by atoms with E-state index in [1.165, 1.54) is 37.3 Å². The molecule has 1 aliphatic rings. The molecule has 35 heavy (non-hydrogen) atoms. The number of alkyl halides is 3. The number of sulfone groups is 1. The van der Waals surface area contributed by atoms with Crippen LogP contribution in [-0.2, 0) is 29.1 Å². The Labute approximate surface area is 209 Å². The van der Waals surface area contributed by atoms with Crippen molar-refractivity contribution in [1.82, 2.24) is 10.2 Å². The van der Waals surface area contributed by atoms with E-state index in [9.17, 15) is 26.4 Å². The van der Waals surface area contributed by atoms with Crippen molar-refractivity contribution in [2.45, 2.75) is 57.3 Å². The second-order valence-electron chi connectivity index (χ2n) is 8.86. The number of carbonyl (C=O) groups is 1. The molecule has 5 nitrogen and oxygen atoms in total. The van der Waals surface area contributed by atoms with Crippen LogP contribution in [0.2, 0.25) is 5.02 Å². The minimum Gasteiger partial charge on any atom is -0.348 e. The first-order chi connectivity index (χ1) is 16.4. The van der Waals surface area contributed by atoms with E-state index in [1.807, 2.05) is 4.90 Å². The van der Waals surface area contributed by atoms with Gasteiger partial charge in [0.1, 0.15) is 0 Å². The molecule has 0 radical (unpaired) electrons. The van der Waals surface area contributed by atoms with Crippen LogP contribution in [0.5, 0.6) is 0 Å². The first kappa shape index (κ1) is 27.5. The number of hydrogen-bond acceptors (Lipinski definition) is 4. The van der Waals surface area contributed by atoms with Crippen LogP contribution in [0.3, 0.4) is 0 Å². The molecule has 0 aromatic heterocycles. The highest BCUT2D eigenvalue weighted by atomic mass is 35.5. The number of rotatable bonds is 8. The number of carbonyl (C=O) groups excluding carboxylic acids is 1. The number of amides is 1. The van der Waals surface area contributed by atoms with Gasteiger partial charge in [-0.05, 0) is 66.8 Å². The molecule has 2 aromatic rings. The van der Waals surface area contributed by atoms with Crippen molar-refractivity contribution >= 4 is 27.3 Å². The molecule has 0 spiro atoms. The average Bonchev–Trinajstić information content (AvgIpc) is 2.82. The van der Waals surface area contributed by atoms with E-state index in [-0.39, 0.29) is 45.5 Å². The van der Waals surface area contributed by atoms with Gasteiger partial charge in [-0.2, -0.15) is 13.2 Å². The van der Waals surface area contributed by atoms with Crippen LogP contribution < -0.4 is 5.32 Å². The van der Waals surface area contributed by atoms with Crippen LogP contribution in [0, 0.1) is 5.92 Å². The molecule has 3 rings (SSSR count). The van der Waals surface area contributed by atoms with Crippen LogP contribution in [0.15, 0.2) is 41.3 Å². The standard InChI is InChI=1S/C25H30ClF3N2O3S/c1-3-17-6-5-11-31(15-17)16-19-8-7-18(13-22(19)25(27,28)29)24(32)30-14-20-12-21(26)9-10-23(20)35(33,34)4-2/h7-10,12-13,17H,3-6,11,14-16H2,1-2H3,(H,30,32). The molecule has 1 heterocycles. The third kappa shape index (κ3) is 6.98. The van der Waals surface area contributed by atoms with E-state index in [0.29, 0.717) is 5.92 Å². The summed E-state index contributed by atoms with van der Waals surface area (Å²) in [4.78, 5) is 14.8. The predicted molar refractivity (Wildman–Crippen MR) is 130 cm³/mol. The van der Waals surface area contributed by atoms with Crippen molar-refractivity contribution in [3.8, 4) is 0 Å². The van der Waals surface area contributed by atoms with Gasteiger partial charge in [-0.15, -0.1) is 0 Å². The molecule has 1 N–H and O–H groups in total. The second kappa shape index (κ2) is 11.3. The third-order valence-corrected chi connectivity index (χ3v) is 8.49. The lowest BCUT2D eigenvalue weighted by atomic mass is 9.94. The zero-order valence-corrected chi connectivity index (χ0v) is 21.4. The molecule has 0 aliphatic carbocycles. The molecule has 1 aliphatic heterocycles. The minimum atomic E-state index is -4.61. The lowest BCUT2D eigenvalue weighted by molar-refractivity contribution is -0.138. The molecule has 2 aromatic carbocycles. The van der Waals surface area contributed by atoms with Crippen LogP contribution in [0.25, 0.3) is 0 Å². The third-order valence-electron chi connectivity index (χ3n) is 6.43. The van der Waals surface area contributed by atoms with Gasteiger partial charge in [-0.25, -0.2) is 8.42 Å². The largest absolute Gasteiger partial charge is 0.416 e. The fraction of sp³-hybridized carbons (Fsp3) is 0.480. The number of hydrogen-bond donors (Lipinski definition) is 1. The van der Waals surface area contributed by atoms with Crippen molar-refractivity contribution in [3.63, 3.8) is 0 Å². The van der Waals surface area contributed by atoms with Gasteiger partial charge in [0.05, 0.1) is 16.2 Å². The number of nitrogens with one attached hydrogen (secondary N) is 1. The van der Waals surface area contributed by atoms with Crippen molar-refractivity contribution in [2.24, 2.45) is 5.92 Å². The Morgan fingerprint density at radius 2 is 1.89 bits per heavy atom. The zero-order valence-electron chi connectivity index (χ0n) is 19.8. The summed E-state index contributed by atoms with van der Waals surface area (Å²) >= 11 is 5.99. The van der Waals surface area contributed by atoms with Gasteiger partial charge in [-0.3, -0.25) is 9.69 Å². The van der Waals surface area contributed by atoms with Crippen molar-refractivity contribution < 1.29 is 26.4 Å². The van der Waals surface area contributed by atoms with E-state index in [4.69, 9.17) is 11.6 Å². The monoisotopic (exact) mass is 530 g/mol. The van der Waals surface area contributed by atoms with Crippen molar-refractivity contribution in [1.29, 1.82) is 0 Å². The molecule has 1 saturated heterocycles. The zero-order chi connectivity index (χ0) is 25.8. The maximum atomic E-state index is 13.9. The summed E-state index contributed by atoms with van der Waals surface area (Å²) in [5.74, 6) is -0.385. The number of nitrogens with zero attached hydrogens (tertiary/aromatic N) is 1. The molecule has 0 bridgehead atoms. The van der Waals surface area contributed by atoms with Crippen LogP contribution in [0.1, 0.15) is 60.2 Å². The lowest BCUT2D eigenvalue weighted by Crippen LogP contribution is -2.35. The smallest absolute Gasteiger partial charge is 0.348 e. The van der Waals surface area contributed by atoms with Gasteiger partial charge >= 0.3 is 6.18 Å². The Morgan fingerprint density at radius 3 is 2.54 bits per heavy atom. The normalized spacial score (nSPS) is 17.4. The maximum Gasteiger partial charge on any atom is 0.416 e. The SMILES string of the molecule is CCC1CCCN(Cc2ccc(C(=O)NCc3cc(Cl)ccc3S(=O)(=O)CC)cc2C(F)(F)F)C1. The van der Waals surface area contributed by atoms with Gasteiger partial charge in [-0.1, -0.05) is 37.9 Å². The number of benzene rings is 2. The summed E-state index contributed by atoms with van der Waals surface area (Å²) in [5, 5.41) is 2.82. The summed E-state index contributed by atoms with van der Waals surface area (Å²) in [6, 6.07) is 7.84. The lowest BCUT2D eigenvalue weighted by Gasteiger charge is -2.32. The Bertz CT molecular complexity index is 1170. The maximum absolute atomic E-state index is 13.9. The first-order valence-corrected chi connectivity index (χ1v) is 13.7. The van der Waals surface area contributed by atoms with Crippen LogP contribution >= 0.6 is 11.6 Å². The van der Waals surface area contributed by atoms with E-state index in [0.717, 1.165) is 38.4 Å². The summed E-state index contributed by atoms with van der Waals surface area (Å²) in [7, 11) is -3.57. The quantitative estimate of drug-likeness (QED) is 0.475. The first-order valence-electron chi connectivity index (χ1n) is 11.7. The molecular formula is C25H30ClF3N2O3S. The Balaban J connectivity index is 1.81. The van der Waals surface area contributed by atoms with Gasteiger partial charge in [0.15, 0.2) is 9.84 Å². The molecule has 1 unspecified atom stereocenters. The topological polar surface area (TPSA) is 66.5 Å². The molecular weight excluding hydrogens is 501 g/mol. The summed E-state index contributed by atoms with van der Waals surface area (Å²) in [6.45, 7) is 5.08. The highest BCUT2D eigenvalue weighted by molar-refractivity contribution is 7.91. The van der Waals surface area contributed by atoms with Crippen molar-refractivity contribution in [3.05, 3.63) is 63.7 Å². The minimum absolute atomic E-state index is 0.0305. The summed E-state index contributed by atoms with van der Waals surface area (Å²) in [6.07, 6.45) is -1.57. The van der Waals surface area contributed by atoms with Crippen LogP contribution in [0.4, 0.5) is 13.2 Å². The van der Waals surface area contributed by atoms with E-state index in [1.54, 1.807) is 0 Å². The van der Waals surface area contributed by atoms with E-state index < -0.39 is 27.5 Å². The number of halogens is 4. The molecule has 1 fully saturated rings. The van der Waals surface area contributed by atoms with Gasteiger partial charge in [0.2, 0.25) is 0 Å². The Kier molecular flexibility index (Phi) is 8.88. The van der Waals surface area contributed by atoms with Gasteiger partial charge < -0.3 is 5.32 Å². The van der Waals surface area contributed by atoms with Crippen LogP contribution in [-0.4, -0.2) is 38.1 Å². The van der Waals surface area contributed by atoms with Gasteiger partial charge in [0.25, 0.3) is 5.91 Å². The predicted octanol–water partition coefficient (Wildman–Crippen LogP) is 5.70. The fourth-order valence-electron chi connectivity index (χ4n) is 4.41. The van der Waals surface area contributed by atoms with E-state index >= 15 is 0 Å². The second-order valence-corrected chi connectivity index (χ2v) is 11.5. The van der Waals surface area contributed by atoms with E-state index in [2.05, 4.69) is 12.2 Å². The highest BCUT2D eigenvalue weighted by Crippen LogP contribution is 2.34. The summed E-state index contributed by atoms with van der Waals surface area (Å²) < 4.78 is 66.3. The average molecular weight is 531 g/mol. The number of piperidine rings is 1. The fourth-order valence-corrected chi connectivity index (χ4v) is 5.72. The van der Waals surface area contributed by atoms with Crippen molar-refractivity contribution in [2.75, 3.05) is 18.8 Å². The Hall–Kier alpha value is -2.10. The molecule has 192 valence electrons. The van der Waals surface area contributed by atoms with Gasteiger partial charge in [0, 0.05) is 30.2 Å². The number of likely N-dealkylation sites (tertiary alicyclic amines) is 1. The molecule has 10 heteroatoms. The summed E-state index contributed by atoms with van der Waals surface area (Å²) in [5.41, 5.74) is -0.568. The highest BCUT2D eigenvalue weighted by Gasteiger charge is 2.35. The molecule has 0 saturated carbocycles. The molecule has 1 amide bonds.